The predicted molar refractivity (Wildman–Crippen MR) is 64.8 cm³/mol. The first-order chi connectivity index (χ1) is 8.60. The van der Waals surface area contributed by atoms with Crippen LogP contribution in [0.4, 0.5) is 4.39 Å². The quantitative estimate of drug-likeness (QED) is 0.868. The number of amides is 1. The van der Waals surface area contributed by atoms with E-state index < -0.39 is 6.17 Å². The number of nitrogens with zero attached hydrogens (tertiary/aromatic N) is 2. The van der Waals surface area contributed by atoms with Gasteiger partial charge in [-0.1, -0.05) is 6.07 Å². The van der Waals surface area contributed by atoms with Crippen molar-refractivity contribution in [3.05, 3.63) is 29.6 Å². The van der Waals surface area contributed by atoms with Gasteiger partial charge in [-0.15, -0.1) is 0 Å². The lowest BCUT2D eigenvalue weighted by molar-refractivity contribution is -0.132. The molecule has 0 aromatic carbocycles. The molecule has 0 spiro atoms. The minimum atomic E-state index is -1.03. The standard InChI is InChI=1S/C13H17FN2O2/c1-9-2-3-10(6-15-9)4-13(18)16-7-11(14)5-12(16)8-17/h2-3,6,11-12,17H,4-5,7-8H2,1H3/t11-,12-/m0/s1. The highest BCUT2D eigenvalue weighted by atomic mass is 19.1. The zero-order valence-corrected chi connectivity index (χ0v) is 10.3. The van der Waals surface area contributed by atoms with Gasteiger partial charge in [0.2, 0.25) is 5.91 Å². The molecule has 2 atom stereocenters. The van der Waals surface area contributed by atoms with Gasteiger partial charge in [-0.05, 0) is 18.6 Å². The van der Waals surface area contributed by atoms with E-state index in [1.165, 1.54) is 4.90 Å². The average Bonchev–Trinajstić information content (AvgIpc) is 2.73. The van der Waals surface area contributed by atoms with E-state index in [2.05, 4.69) is 4.98 Å². The summed E-state index contributed by atoms with van der Waals surface area (Å²) in [6.45, 7) is 1.78. The first-order valence-corrected chi connectivity index (χ1v) is 6.06. The van der Waals surface area contributed by atoms with Crippen LogP contribution in [0.1, 0.15) is 17.7 Å². The molecule has 5 heteroatoms. The Morgan fingerprint density at radius 3 is 3.00 bits per heavy atom. The summed E-state index contributed by atoms with van der Waals surface area (Å²) >= 11 is 0. The number of hydrogen-bond acceptors (Lipinski definition) is 3. The van der Waals surface area contributed by atoms with Crippen LogP contribution >= 0.6 is 0 Å². The third-order valence-electron chi connectivity index (χ3n) is 3.22. The maximum atomic E-state index is 13.2. The van der Waals surface area contributed by atoms with E-state index in [1.807, 2.05) is 19.1 Å². The van der Waals surface area contributed by atoms with Crippen LogP contribution in [0.15, 0.2) is 18.3 Å². The van der Waals surface area contributed by atoms with Gasteiger partial charge in [-0.3, -0.25) is 9.78 Å². The summed E-state index contributed by atoms with van der Waals surface area (Å²) < 4.78 is 13.2. The summed E-state index contributed by atoms with van der Waals surface area (Å²) in [6.07, 6.45) is 1.07. The van der Waals surface area contributed by atoms with Crippen molar-refractivity contribution >= 4 is 5.91 Å². The maximum absolute atomic E-state index is 13.2. The third-order valence-corrected chi connectivity index (χ3v) is 3.22. The number of aliphatic hydroxyl groups is 1. The number of carbonyl (C=O) groups excluding carboxylic acids is 1. The van der Waals surface area contributed by atoms with Crippen molar-refractivity contribution in [2.75, 3.05) is 13.2 Å². The molecule has 0 aliphatic carbocycles. The Balaban J connectivity index is 2.01. The first-order valence-electron chi connectivity index (χ1n) is 6.06. The van der Waals surface area contributed by atoms with Crippen molar-refractivity contribution < 1.29 is 14.3 Å². The predicted octanol–water partition coefficient (Wildman–Crippen LogP) is 0.864. The SMILES string of the molecule is Cc1ccc(CC(=O)N2C[C@@H](F)C[C@H]2CO)cn1. The molecule has 0 saturated carbocycles. The maximum Gasteiger partial charge on any atom is 0.227 e. The van der Waals surface area contributed by atoms with Crippen LogP contribution < -0.4 is 0 Å². The molecule has 0 radical (unpaired) electrons. The van der Waals surface area contributed by atoms with E-state index in [1.54, 1.807) is 6.20 Å². The molecule has 1 aromatic heterocycles. The summed E-state index contributed by atoms with van der Waals surface area (Å²) in [5, 5.41) is 9.13. The van der Waals surface area contributed by atoms with Crippen molar-refractivity contribution in [3.63, 3.8) is 0 Å². The van der Waals surface area contributed by atoms with Gasteiger partial charge in [0.15, 0.2) is 0 Å². The molecular formula is C13H17FN2O2. The number of halogens is 1. The largest absolute Gasteiger partial charge is 0.394 e. The Kier molecular flexibility index (Phi) is 3.91. The van der Waals surface area contributed by atoms with Crippen molar-refractivity contribution in [2.45, 2.75) is 32.0 Å². The van der Waals surface area contributed by atoms with E-state index in [0.717, 1.165) is 11.3 Å². The minimum absolute atomic E-state index is 0.0867. The molecule has 0 bridgehead atoms. The van der Waals surface area contributed by atoms with Gasteiger partial charge in [0.25, 0.3) is 0 Å². The molecule has 2 heterocycles. The van der Waals surface area contributed by atoms with E-state index in [-0.39, 0.29) is 37.9 Å². The lowest BCUT2D eigenvalue weighted by Crippen LogP contribution is -2.38. The van der Waals surface area contributed by atoms with Crippen LogP contribution in [-0.4, -0.2) is 46.3 Å². The molecule has 4 nitrogen and oxygen atoms in total. The summed E-state index contributed by atoms with van der Waals surface area (Å²) in [5.41, 5.74) is 1.70. The third kappa shape index (κ3) is 2.85. The monoisotopic (exact) mass is 252 g/mol. The average molecular weight is 252 g/mol. The Morgan fingerprint density at radius 2 is 2.39 bits per heavy atom. The van der Waals surface area contributed by atoms with Crippen LogP contribution in [0.3, 0.4) is 0 Å². The number of aliphatic hydroxyl groups excluding tert-OH is 1. The van der Waals surface area contributed by atoms with Gasteiger partial charge >= 0.3 is 0 Å². The molecule has 0 unspecified atom stereocenters. The summed E-state index contributed by atoms with van der Waals surface area (Å²) in [7, 11) is 0. The highest BCUT2D eigenvalue weighted by Crippen LogP contribution is 2.21. The van der Waals surface area contributed by atoms with Crippen LogP contribution in [0.25, 0.3) is 0 Å². The van der Waals surface area contributed by atoms with Crippen LogP contribution in [-0.2, 0) is 11.2 Å². The van der Waals surface area contributed by atoms with Gasteiger partial charge in [0.05, 0.1) is 25.6 Å². The molecule has 1 aromatic rings. The van der Waals surface area contributed by atoms with Gasteiger partial charge < -0.3 is 10.0 Å². The van der Waals surface area contributed by atoms with Gasteiger partial charge in [-0.2, -0.15) is 0 Å². The zero-order chi connectivity index (χ0) is 13.1. The second-order valence-electron chi connectivity index (χ2n) is 4.70. The molecule has 1 N–H and O–H groups in total. The molecule has 2 rings (SSSR count). The van der Waals surface area contributed by atoms with Crippen molar-refractivity contribution in [2.24, 2.45) is 0 Å². The number of rotatable bonds is 3. The fourth-order valence-electron chi connectivity index (χ4n) is 2.22. The summed E-state index contributed by atoms with van der Waals surface area (Å²) in [6, 6.07) is 3.30. The first kappa shape index (κ1) is 13.0. The highest BCUT2D eigenvalue weighted by Gasteiger charge is 2.34. The van der Waals surface area contributed by atoms with Gasteiger partial charge in [0.1, 0.15) is 6.17 Å². The number of aromatic nitrogens is 1. The lowest BCUT2D eigenvalue weighted by Gasteiger charge is -2.22. The number of aryl methyl sites for hydroxylation is 1. The van der Waals surface area contributed by atoms with Crippen molar-refractivity contribution in [1.29, 1.82) is 0 Å². The van der Waals surface area contributed by atoms with Crippen molar-refractivity contribution in [1.82, 2.24) is 9.88 Å². The van der Waals surface area contributed by atoms with Crippen LogP contribution in [0.5, 0.6) is 0 Å². The fraction of sp³-hybridized carbons (Fsp3) is 0.538. The second kappa shape index (κ2) is 5.44. The Hall–Kier alpha value is -1.49. The van der Waals surface area contributed by atoms with Gasteiger partial charge in [0, 0.05) is 18.3 Å². The highest BCUT2D eigenvalue weighted by molar-refractivity contribution is 5.79. The Morgan fingerprint density at radius 1 is 1.61 bits per heavy atom. The molecular weight excluding hydrogens is 235 g/mol. The summed E-state index contributed by atoms with van der Waals surface area (Å²) in [5.74, 6) is -0.153. The van der Waals surface area contributed by atoms with Gasteiger partial charge in [-0.25, -0.2) is 4.39 Å². The number of hydrogen-bond donors (Lipinski definition) is 1. The molecule has 1 amide bonds. The van der Waals surface area contributed by atoms with E-state index in [4.69, 9.17) is 5.11 Å². The normalized spacial score (nSPS) is 23.4. The number of carbonyl (C=O) groups is 1. The second-order valence-corrected chi connectivity index (χ2v) is 4.70. The minimum Gasteiger partial charge on any atom is -0.394 e. The molecule has 1 aliphatic rings. The van der Waals surface area contributed by atoms with E-state index in [9.17, 15) is 9.18 Å². The zero-order valence-electron chi connectivity index (χ0n) is 10.3. The fourth-order valence-corrected chi connectivity index (χ4v) is 2.22. The number of alkyl halides is 1. The molecule has 98 valence electrons. The van der Waals surface area contributed by atoms with E-state index in [0.29, 0.717) is 0 Å². The lowest BCUT2D eigenvalue weighted by atomic mass is 10.1. The summed E-state index contributed by atoms with van der Waals surface area (Å²) in [4.78, 5) is 17.6. The van der Waals surface area contributed by atoms with E-state index >= 15 is 0 Å². The molecule has 18 heavy (non-hydrogen) atoms. The Labute approximate surface area is 105 Å². The van der Waals surface area contributed by atoms with Crippen LogP contribution in [0, 0.1) is 6.92 Å². The number of pyridine rings is 1. The van der Waals surface area contributed by atoms with Crippen LogP contribution in [0.2, 0.25) is 0 Å². The molecule has 1 saturated heterocycles. The smallest absolute Gasteiger partial charge is 0.227 e. The van der Waals surface area contributed by atoms with Crippen molar-refractivity contribution in [3.8, 4) is 0 Å². The topological polar surface area (TPSA) is 53.4 Å². The number of likely N-dealkylation sites (tertiary alicyclic amines) is 1. The Bertz CT molecular complexity index is 422. The molecule has 1 fully saturated rings. The molecule has 1 aliphatic heterocycles.